The van der Waals surface area contributed by atoms with E-state index >= 15 is 0 Å². The van der Waals surface area contributed by atoms with E-state index in [1.165, 1.54) is 0 Å². The molecule has 0 spiro atoms. The van der Waals surface area contributed by atoms with Crippen molar-refractivity contribution in [3.05, 3.63) is 24.7 Å². The zero-order valence-corrected chi connectivity index (χ0v) is 4.52. The summed E-state index contributed by atoms with van der Waals surface area (Å²) in [6.07, 6.45) is 6.00. The molecule has 0 saturated carbocycles. The molecule has 0 unspecified atom stereocenters. The number of hydrogen-bond donors (Lipinski definition) is 0. The summed E-state index contributed by atoms with van der Waals surface area (Å²) in [4.78, 5) is 3.85. The molecule has 0 aromatic carbocycles. The summed E-state index contributed by atoms with van der Waals surface area (Å²) in [6.45, 7) is 0. The Balaban J connectivity index is 2.95. The SMILES string of the molecule is [c]1ccn2nncc2n1. The second-order valence-corrected chi connectivity index (χ2v) is 1.59. The van der Waals surface area contributed by atoms with Crippen molar-refractivity contribution in [1.29, 1.82) is 0 Å². The zero-order valence-electron chi connectivity index (χ0n) is 4.52. The Morgan fingerprint density at radius 1 is 1.56 bits per heavy atom. The van der Waals surface area contributed by atoms with E-state index in [4.69, 9.17) is 0 Å². The lowest BCUT2D eigenvalue weighted by atomic mass is 10.6. The molecule has 4 heteroatoms. The molecule has 0 aliphatic carbocycles. The van der Waals surface area contributed by atoms with Crippen molar-refractivity contribution in [2.24, 2.45) is 0 Å². The third kappa shape index (κ3) is 0.561. The van der Waals surface area contributed by atoms with Crippen LogP contribution in [-0.4, -0.2) is 19.8 Å². The molecule has 0 fully saturated rings. The molecule has 1 radical (unpaired) electrons. The summed E-state index contributed by atoms with van der Waals surface area (Å²) in [7, 11) is 0. The van der Waals surface area contributed by atoms with Gasteiger partial charge in [-0.25, -0.2) is 9.50 Å². The third-order valence-electron chi connectivity index (χ3n) is 1.03. The number of fused-ring (bicyclic) bond motifs is 1. The minimum absolute atomic E-state index is 0.720. The molecule has 2 aromatic heterocycles. The van der Waals surface area contributed by atoms with Crippen LogP contribution in [0.1, 0.15) is 0 Å². The van der Waals surface area contributed by atoms with Gasteiger partial charge >= 0.3 is 0 Å². The highest BCUT2D eigenvalue weighted by atomic mass is 15.4. The lowest BCUT2D eigenvalue weighted by Gasteiger charge is -1.82. The van der Waals surface area contributed by atoms with Gasteiger partial charge in [0.1, 0.15) is 0 Å². The van der Waals surface area contributed by atoms with Crippen molar-refractivity contribution in [1.82, 2.24) is 19.8 Å². The first-order valence-electron chi connectivity index (χ1n) is 2.50. The Morgan fingerprint density at radius 2 is 2.56 bits per heavy atom. The normalized spacial score (nSPS) is 10.2. The Morgan fingerprint density at radius 3 is 3.44 bits per heavy atom. The van der Waals surface area contributed by atoms with Crippen LogP contribution in [0.25, 0.3) is 5.65 Å². The minimum atomic E-state index is 0.720. The van der Waals surface area contributed by atoms with Gasteiger partial charge in [-0.1, -0.05) is 5.21 Å². The van der Waals surface area contributed by atoms with Crippen molar-refractivity contribution in [3.63, 3.8) is 0 Å². The summed E-state index contributed by atoms with van der Waals surface area (Å²) in [5.74, 6) is 0. The monoisotopic (exact) mass is 119 g/mol. The second-order valence-electron chi connectivity index (χ2n) is 1.59. The van der Waals surface area contributed by atoms with Gasteiger partial charge in [-0.2, -0.15) is 0 Å². The molecule has 0 N–H and O–H groups in total. The highest BCUT2D eigenvalue weighted by molar-refractivity contribution is 5.30. The quantitative estimate of drug-likeness (QED) is 0.487. The number of nitrogens with zero attached hydrogens (tertiary/aromatic N) is 4. The van der Waals surface area contributed by atoms with Gasteiger partial charge in [-0.15, -0.1) is 5.10 Å². The summed E-state index contributed by atoms with van der Waals surface area (Å²) >= 11 is 0. The van der Waals surface area contributed by atoms with Crippen LogP contribution in [0.3, 0.4) is 0 Å². The summed E-state index contributed by atoms with van der Waals surface area (Å²) < 4.78 is 1.58. The van der Waals surface area contributed by atoms with Gasteiger partial charge in [0.25, 0.3) is 0 Å². The van der Waals surface area contributed by atoms with E-state index in [9.17, 15) is 0 Å². The topological polar surface area (TPSA) is 43.1 Å². The van der Waals surface area contributed by atoms with Gasteiger partial charge in [0.05, 0.1) is 12.4 Å². The maximum absolute atomic E-state index is 3.85. The van der Waals surface area contributed by atoms with Gasteiger partial charge in [0.2, 0.25) is 0 Å². The van der Waals surface area contributed by atoms with Crippen LogP contribution in [0.2, 0.25) is 0 Å². The zero-order chi connectivity index (χ0) is 6.10. The molecule has 2 heterocycles. The molecule has 0 aliphatic rings. The standard InChI is InChI=1S/C5H3N4/c1-2-6-5-4-7-8-9(5)3-1/h1,3-4H. The van der Waals surface area contributed by atoms with Gasteiger partial charge in [-0.3, -0.25) is 0 Å². The Kier molecular flexibility index (Phi) is 0.745. The largest absolute Gasteiger partial charge is 0.225 e. The lowest BCUT2D eigenvalue weighted by molar-refractivity contribution is 0.846. The lowest BCUT2D eigenvalue weighted by Crippen LogP contribution is -1.86. The van der Waals surface area contributed by atoms with Gasteiger partial charge in [0.15, 0.2) is 5.65 Å². The molecule has 9 heavy (non-hydrogen) atoms. The average Bonchev–Trinajstić information content (AvgIpc) is 2.33. The molecular weight excluding hydrogens is 116 g/mol. The molecular formula is C5H3N4. The van der Waals surface area contributed by atoms with Crippen LogP contribution in [0.5, 0.6) is 0 Å². The van der Waals surface area contributed by atoms with Crippen molar-refractivity contribution in [2.45, 2.75) is 0 Å². The maximum atomic E-state index is 3.85. The number of aromatic nitrogens is 4. The fraction of sp³-hybridized carbons (Fsp3) is 0. The molecule has 0 amide bonds. The minimum Gasteiger partial charge on any atom is -0.225 e. The van der Waals surface area contributed by atoms with Crippen LogP contribution in [0.15, 0.2) is 18.5 Å². The second kappa shape index (κ2) is 1.51. The number of rotatable bonds is 0. The van der Waals surface area contributed by atoms with E-state index in [1.807, 2.05) is 0 Å². The molecule has 43 valence electrons. The van der Waals surface area contributed by atoms with Crippen LogP contribution in [-0.2, 0) is 0 Å². The summed E-state index contributed by atoms with van der Waals surface area (Å²) in [6, 6.07) is 1.68. The molecule has 0 saturated heterocycles. The van der Waals surface area contributed by atoms with E-state index in [-0.39, 0.29) is 0 Å². The van der Waals surface area contributed by atoms with Gasteiger partial charge < -0.3 is 0 Å². The molecule has 4 nitrogen and oxygen atoms in total. The van der Waals surface area contributed by atoms with E-state index in [1.54, 1.807) is 23.0 Å². The first kappa shape index (κ1) is 4.43. The van der Waals surface area contributed by atoms with E-state index in [2.05, 4.69) is 21.5 Å². The molecule has 0 aliphatic heterocycles. The van der Waals surface area contributed by atoms with Gasteiger partial charge in [0, 0.05) is 6.20 Å². The average molecular weight is 119 g/mol. The van der Waals surface area contributed by atoms with Crippen LogP contribution in [0.4, 0.5) is 0 Å². The van der Waals surface area contributed by atoms with E-state index in [0.29, 0.717) is 0 Å². The van der Waals surface area contributed by atoms with Crippen molar-refractivity contribution in [2.75, 3.05) is 0 Å². The van der Waals surface area contributed by atoms with Crippen LogP contribution in [0, 0.1) is 6.20 Å². The predicted octanol–water partition coefficient (Wildman–Crippen LogP) is -0.0755. The first-order valence-corrected chi connectivity index (χ1v) is 2.50. The Bertz CT molecular complexity index is 283. The van der Waals surface area contributed by atoms with E-state index in [0.717, 1.165) is 5.65 Å². The van der Waals surface area contributed by atoms with Crippen molar-refractivity contribution >= 4 is 5.65 Å². The van der Waals surface area contributed by atoms with Crippen LogP contribution >= 0.6 is 0 Å². The predicted molar refractivity (Wildman–Crippen MR) is 29.6 cm³/mol. The molecule has 2 aromatic rings. The number of hydrogen-bond acceptors (Lipinski definition) is 3. The third-order valence-corrected chi connectivity index (χ3v) is 1.03. The fourth-order valence-electron chi connectivity index (χ4n) is 0.632. The van der Waals surface area contributed by atoms with E-state index < -0.39 is 0 Å². The summed E-state index contributed by atoms with van der Waals surface area (Å²) in [5, 5.41) is 7.33. The molecule has 0 bridgehead atoms. The fourth-order valence-corrected chi connectivity index (χ4v) is 0.632. The van der Waals surface area contributed by atoms with Crippen LogP contribution < -0.4 is 0 Å². The molecule has 0 atom stereocenters. The van der Waals surface area contributed by atoms with Crippen molar-refractivity contribution < 1.29 is 0 Å². The summed E-state index contributed by atoms with van der Waals surface area (Å²) in [5.41, 5.74) is 0.720. The highest BCUT2D eigenvalue weighted by Crippen LogP contribution is 1.89. The molecule has 2 rings (SSSR count). The van der Waals surface area contributed by atoms with Gasteiger partial charge in [-0.05, 0) is 6.07 Å². The highest BCUT2D eigenvalue weighted by Gasteiger charge is 1.89. The van der Waals surface area contributed by atoms with Crippen molar-refractivity contribution in [3.8, 4) is 0 Å². The maximum Gasteiger partial charge on any atom is 0.176 e. The smallest absolute Gasteiger partial charge is 0.176 e. The Hall–Kier alpha value is -1.45. The first-order chi connectivity index (χ1) is 4.47. The Labute approximate surface area is 51.1 Å².